The average molecular weight is 359 g/mol. The van der Waals surface area contributed by atoms with Crippen LogP contribution in [0.15, 0.2) is 42.6 Å². The average Bonchev–Trinajstić information content (AvgIpc) is 2.84. The van der Waals surface area contributed by atoms with Crippen molar-refractivity contribution < 1.29 is 0 Å². The highest BCUT2D eigenvalue weighted by atomic mass is 79.9. The minimum absolute atomic E-state index is 0. The Morgan fingerprint density at radius 3 is 2.55 bits per heavy atom. The van der Waals surface area contributed by atoms with Gasteiger partial charge in [-0.3, -0.25) is 4.98 Å². The molecular weight excluding hydrogens is 336 g/mol. The zero-order chi connectivity index (χ0) is 14.3. The van der Waals surface area contributed by atoms with Gasteiger partial charge in [-0.25, -0.2) is 0 Å². The van der Waals surface area contributed by atoms with Crippen molar-refractivity contribution in [2.24, 2.45) is 0 Å². The Morgan fingerprint density at radius 2 is 1.82 bits per heavy atom. The van der Waals surface area contributed by atoms with Gasteiger partial charge in [0.25, 0.3) is 0 Å². The highest BCUT2D eigenvalue weighted by molar-refractivity contribution is 8.93. The molecule has 1 aromatic carbocycles. The molecular formula is C19H23BrN2. The Morgan fingerprint density at radius 1 is 1.00 bits per heavy atom. The summed E-state index contributed by atoms with van der Waals surface area (Å²) in [6.07, 6.45) is 6.09. The number of fused-ring (bicyclic) bond motifs is 2. The van der Waals surface area contributed by atoms with Crippen LogP contribution < -0.4 is 0 Å². The Labute approximate surface area is 143 Å². The highest BCUT2D eigenvalue weighted by Crippen LogP contribution is 2.42. The number of piperidine rings is 1. The van der Waals surface area contributed by atoms with Crippen LogP contribution in [0.5, 0.6) is 0 Å². The molecule has 0 N–H and O–H groups in total. The molecule has 116 valence electrons. The Bertz CT molecular complexity index is 631. The highest BCUT2D eigenvalue weighted by Gasteiger charge is 2.42. The summed E-state index contributed by atoms with van der Waals surface area (Å²) in [6, 6.07) is 13.1. The van der Waals surface area contributed by atoms with Crippen LogP contribution in [-0.2, 0) is 5.41 Å². The Hall–Kier alpha value is -1.19. The van der Waals surface area contributed by atoms with Gasteiger partial charge in [-0.2, -0.15) is 0 Å². The van der Waals surface area contributed by atoms with Crippen molar-refractivity contribution in [2.45, 2.75) is 31.6 Å². The normalized spacial score (nSPS) is 26.5. The number of rotatable bonds is 2. The molecule has 2 aliphatic rings. The predicted molar refractivity (Wildman–Crippen MR) is 96.7 cm³/mol. The van der Waals surface area contributed by atoms with Gasteiger partial charge in [0.2, 0.25) is 0 Å². The number of aryl methyl sites for hydroxylation is 1. The van der Waals surface area contributed by atoms with Crippen molar-refractivity contribution >= 4 is 17.0 Å². The minimum atomic E-state index is 0. The number of benzene rings is 1. The van der Waals surface area contributed by atoms with E-state index < -0.39 is 0 Å². The Kier molecular flexibility index (Phi) is 4.37. The molecule has 2 atom stereocenters. The van der Waals surface area contributed by atoms with Gasteiger partial charge in [-0.05, 0) is 50.9 Å². The van der Waals surface area contributed by atoms with E-state index >= 15 is 0 Å². The van der Waals surface area contributed by atoms with Crippen molar-refractivity contribution in [3.63, 3.8) is 0 Å². The monoisotopic (exact) mass is 358 g/mol. The van der Waals surface area contributed by atoms with E-state index in [0.717, 1.165) is 5.69 Å². The number of halogens is 1. The van der Waals surface area contributed by atoms with Crippen LogP contribution in [0.4, 0.5) is 0 Å². The second-order valence-electron chi connectivity index (χ2n) is 6.71. The summed E-state index contributed by atoms with van der Waals surface area (Å²) in [5.41, 5.74) is 5.42. The van der Waals surface area contributed by atoms with E-state index in [0.29, 0.717) is 5.41 Å². The van der Waals surface area contributed by atoms with E-state index in [1.54, 1.807) is 0 Å². The first-order chi connectivity index (χ1) is 10.3. The molecule has 3 heteroatoms. The third-order valence-electron chi connectivity index (χ3n) is 5.29. The summed E-state index contributed by atoms with van der Waals surface area (Å²) in [4.78, 5) is 7.36. The van der Waals surface area contributed by atoms with Crippen LogP contribution in [0.25, 0.3) is 11.3 Å². The molecule has 0 aliphatic carbocycles. The van der Waals surface area contributed by atoms with Crippen molar-refractivity contribution in [3.05, 3.63) is 53.7 Å². The number of pyridine rings is 1. The van der Waals surface area contributed by atoms with Crippen molar-refractivity contribution in [3.8, 4) is 11.3 Å². The first-order valence-corrected chi connectivity index (χ1v) is 8.01. The lowest BCUT2D eigenvalue weighted by molar-refractivity contribution is 0.243. The molecule has 22 heavy (non-hydrogen) atoms. The topological polar surface area (TPSA) is 16.1 Å². The standard InChI is InChI=1S/C19H22N2.BrH/c1-15-3-5-16(6-4-15)18-8-7-17(13-20-18)19-9-2-11-21(14-19)12-10-19;/h3-8,13H,2,9-12,14H2,1H3;1H. The fourth-order valence-corrected chi connectivity index (χ4v) is 3.98. The van der Waals surface area contributed by atoms with E-state index in [1.165, 1.54) is 55.6 Å². The molecule has 2 unspecified atom stereocenters. The molecule has 2 saturated heterocycles. The van der Waals surface area contributed by atoms with Gasteiger partial charge in [0.1, 0.15) is 0 Å². The quantitative estimate of drug-likeness (QED) is 0.792. The Balaban J connectivity index is 0.00000144. The van der Waals surface area contributed by atoms with E-state index in [-0.39, 0.29) is 17.0 Å². The second kappa shape index (κ2) is 6.13. The van der Waals surface area contributed by atoms with Gasteiger partial charge in [0.05, 0.1) is 5.69 Å². The molecule has 0 radical (unpaired) electrons. The summed E-state index contributed by atoms with van der Waals surface area (Å²) < 4.78 is 0. The second-order valence-corrected chi connectivity index (χ2v) is 6.71. The number of hydrogen-bond donors (Lipinski definition) is 0. The van der Waals surface area contributed by atoms with Crippen molar-refractivity contribution in [1.82, 2.24) is 9.88 Å². The third-order valence-corrected chi connectivity index (χ3v) is 5.29. The number of nitrogens with zero attached hydrogens (tertiary/aromatic N) is 2. The molecule has 2 fully saturated rings. The smallest absolute Gasteiger partial charge is 0.0702 e. The van der Waals surface area contributed by atoms with Gasteiger partial charge in [-0.1, -0.05) is 35.9 Å². The van der Waals surface area contributed by atoms with E-state index in [9.17, 15) is 0 Å². The van der Waals surface area contributed by atoms with Crippen molar-refractivity contribution in [1.29, 1.82) is 0 Å². The number of aromatic nitrogens is 1. The van der Waals surface area contributed by atoms with Crippen LogP contribution in [-0.4, -0.2) is 29.5 Å². The third kappa shape index (κ3) is 2.72. The number of hydrogen-bond acceptors (Lipinski definition) is 2. The fraction of sp³-hybridized carbons (Fsp3) is 0.421. The lowest BCUT2D eigenvalue weighted by Gasteiger charge is -2.34. The predicted octanol–water partition coefficient (Wildman–Crippen LogP) is 4.37. The molecule has 3 heterocycles. The minimum Gasteiger partial charge on any atom is -0.302 e. The summed E-state index contributed by atoms with van der Waals surface area (Å²) in [5, 5.41) is 0. The van der Waals surface area contributed by atoms with Gasteiger partial charge in [0, 0.05) is 23.7 Å². The maximum Gasteiger partial charge on any atom is 0.0702 e. The lowest BCUT2D eigenvalue weighted by Crippen LogP contribution is -2.36. The largest absolute Gasteiger partial charge is 0.302 e. The van der Waals surface area contributed by atoms with Crippen LogP contribution in [0, 0.1) is 6.92 Å². The van der Waals surface area contributed by atoms with Crippen LogP contribution >= 0.6 is 17.0 Å². The van der Waals surface area contributed by atoms with Crippen LogP contribution in [0.1, 0.15) is 30.4 Å². The molecule has 1 aromatic heterocycles. The first-order valence-electron chi connectivity index (χ1n) is 8.01. The van der Waals surface area contributed by atoms with E-state index in [4.69, 9.17) is 4.98 Å². The lowest BCUT2D eigenvalue weighted by atomic mass is 9.75. The van der Waals surface area contributed by atoms with Crippen molar-refractivity contribution in [2.75, 3.05) is 19.6 Å². The van der Waals surface area contributed by atoms with E-state index in [2.05, 4.69) is 54.4 Å². The van der Waals surface area contributed by atoms with Gasteiger partial charge < -0.3 is 4.90 Å². The van der Waals surface area contributed by atoms with Gasteiger partial charge in [0.15, 0.2) is 0 Å². The molecule has 0 amide bonds. The van der Waals surface area contributed by atoms with Gasteiger partial charge >= 0.3 is 0 Å². The molecule has 0 spiro atoms. The van der Waals surface area contributed by atoms with Crippen LogP contribution in [0.2, 0.25) is 0 Å². The molecule has 2 nitrogen and oxygen atoms in total. The maximum absolute atomic E-state index is 4.75. The summed E-state index contributed by atoms with van der Waals surface area (Å²) >= 11 is 0. The maximum atomic E-state index is 4.75. The molecule has 2 aliphatic heterocycles. The molecule has 4 rings (SSSR count). The summed E-state index contributed by atoms with van der Waals surface area (Å²) in [7, 11) is 0. The van der Waals surface area contributed by atoms with E-state index in [1.807, 2.05) is 0 Å². The van der Waals surface area contributed by atoms with Crippen LogP contribution in [0.3, 0.4) is 0 Å². The summed E-state index contributed by atoms with van der Waals surface area (Å²) in [5.74, 6) is 0. The molecule has 2 bridgehead atoms. The zero-order valence-corrected chi connectivity index (χ0v) is 14.8. The zero-order valence-electron chi connectivity index (χ0n) is 13.1. The molecule has 0 saturated carbocycles. The fourth-order valence-electron chi connectivity index (χ4n) is 3.98. The molecule has 2 aromatic rings. The first kappa shape index (κ1) is 15.7. The SMILES string of the molecule is Br.Cc1ccc(-c2ccc(C34CCCN(CC3)C4)cn2)cc1. The van der Waals surface area contributed by atoms with Gasteiger partial charge in [-0.15, -0.1) is 17.0 Å². The summed E-state index contributed by atoms with van der Waals surface area (Å²) in [6.45, 7) is 5.91.